The second-order valence-electron chi connectivity index (χ2n) is 16.5. The van der Waals surface area contributed by atoms with Crippen LogP contribution in [-0.2, 0) is 38.0 Å². The molecule has 4 aliphatic rings. The zero-order valence-electron chi connectivity index (χ0n) is 32.9. The SMILES string of the molecule is CC[C@H]1OC(=O)C(C)C(OC2CC(C)(OC)C(O)C(C)O2)C(C)C(OC2OC(C)CC(N(C)C)C2O)C2(C)CC(C)N=C(O2)C(C)C(O)C1(C)O. The van der Waals surface area contributed by atoms with Crippen molar-refractivity contribution in [2.24, 2.45) is 22.7 Å². The van der Waals surface area contributed by atoms with E-state index >= 15 is 0 Å². The van der Waals surface area contributed by atoms with Crippen LogP contribution < -0.4 is 0 Å². The van der Waals surface area contributed by atoms with Gasteiger partial charge in [-0.15, -0.1) is 0 Å². The monoisotopic (exact) mass is 730 g/mol. The van der Waals surface area contributed by atoms with Gasteiger partial charge in [-0.3, -0.25) is 9.79 Å². The van der Waals surface area contributed by atoms with E-state index in [1.165, 1.54) is 14.0 Å². The second kappa shape index (κ2) is 16.1. The lowest BCUT2D eigenvalue weighted by Crippen LogP contribution is -2.62. The highest BCUT2D eigenvalue weighted by Gasteiger charge is 2.55. The van der Waals surface area contributed by atoms with Crippen LogP contribution in [0.3, 0.4) is 0 Å². The first kappa shape index (κ1) is 42.3. The highest BCUT2D eigenvalue weighted by atomic mass is 16.7. The minimum atomic E-state index is -1.87. The van der Waals surface area contributed by atoms with E-state index in [9.17, 15) is 25.2 Å². The summed E-state index contributed by atoms with van der Waals surface area (Å²) in [5.41, 5.74) is -4.01. The number of hydrogen-bond donors (Lipinski definition) is 4. The summed E-state index contributed by atoms with van der Waals surface area (Å²) in [6.45, 7) is 17.8. The smallest absolute Gasteiger partial charge is 0.311 e. The standard InChI is InChI=1S/C37H66N2O12/c1-14-25-37(10,44)29(41)22(6)32-38-18(2)16-36(9,51-32)31(50-34-27(40)24(39(11)12)15-19(3)46-34)20(4)28(21(5)33(43)48-25)49-26-17-35(8,45-13)30(42)23(7)47-26/h18-31,34,40-42,44H,14-17H2,1-13H3/t18?,19?,20?,21?,22?,23?,24?,25-,26?,27?,28?,29?,30?,31?,34?,35?,36?,37?/m1/s1. The van der Waals surface area contributed by atoms with E-state index in [2.05, 4.69) is 0 Å². The Morgan fingerprint density at radius 2 is 1.59 bits per heavy atom. The van der Waals surface area contributed by atoms with Gasteiger partial charge in [-0.05, 0) is 75.4 Å². The van der Waals surface area contributed by atoms with Crippen molar-refractivity contribution in [3.63, 3.8) is 0 Å². The minimum absolute atomic E-state index is 0.162. The molecule has 4 heterocycles. The number of aliphatic hydroxyl groups excluding tert-OH is 3. The zero-order valence-corrected chi connectivity index (χ0v) is 32.9. The molecule has 296 valence electrons. The van der Waals surface area contributed by atoms with Crippen LogP contribution in [0.2, 0.25) is 0 Å². The summed E-state index contributed by atoms with van der Waals surface area (Å²) in [7, 11) is 5.33. The number of cyclic esters (lactones) is 1. The molecular weight excluding hydrogens is 664 g/mol. The zero-order chi connectivity index (χ0) is 38.4. The van der Waals surface area contributed by atoms with Crippen LogP contribution in [0, 0.1) is 17.8 Å². The largest absolute Gasteiger partial charge is 0.472 e. The molecule has 4 aliphatic heterocycles. The Hall–Kier alpha value is -1.46. The summed E-state index contributed by atoms with van der Waals surface area (Å²) < 4.78 is 44.7. The Kier molecular flexibility index (Phi) is 13.4. The molecule has 17 unspecified atom stereocenters. The van der Waals surface area contributed by atoms with Gasteiger partial charge in [0.05, 0.1) is 47.9 Å². The summed E-state index contributed by atoms with van der Waals surface area (Å²) in [4.78, 5) is 20.9. The number of carbonyl (C=O) groups excluding carboxylic acids is 1. The van der Waals surface area contributed by atoms with E-state index in [1.54, 1.807) is 34.6 Å². The van der Waals surface area contributed by atoms with Crippen molar-refractivity contribution >= 4 is 11.9 Å². The van der Waals surface area contributed by atoms with E-state index in [0.29, 0.717) is 12.8 Å². The molecule has 0 aromatic rings. The molecule has 0 spiro atoms. The van der Waals surface area contributed by atoms with E-state index in [1.807, 2.05) is 46.7 Å². The Morgan fingerprint density at radius 3 is 2.18 bits per heavy atom. The topological polar surface area (TPSA) is 178 Å². The molecule has 18 atom stereocenters. The van der Waals surface area contributed by atoms with Crippen molar-refractivity contribution in [3.8, 4) is 0 Å². The number of carbonyl (C=O) groups is 1. The average molecular weight is 731 g/mol. The van der Waals surface area contributed by atoms with Crippen LogP contribution in [0.4, 0.5) is 0 Å². The number of methoxy groups -OCH3 is 1. The number of likely N-dealkylation sites (N-methyl/N-ethyl adjacent to an activating group) is 1. The average Bonchev–Trinajstić information content (AvgIpc) is 3.06. The third-order valence-corrected chi connectivity index (χ3v) is 11.9. The van der Waals surface area contributed by atoms with Gasteiger partial charge >= 0.3 is 5.97 Å². The van der Waals surface area contributed by atoms with Crippen LogP contribution in [0.1, 0.15) is 94.9 Å². The summed E-state index contributed by atoms with van der Waals surface area (Å²) in [6, 6.07) is -0.532. The fourth-order valence-electron chi connectivity index (χ4n) is 8.63. The van der Waals surface area contributed by atoms with Crippen LogP contribution in [0.15, 0.2) is 4.99 Å². The first-order chi connectivity index (χ1) is 23.6. The van der Waals surface area contributed by atoms with Crippen molar-refractivity contribution in [2.75, 3.05) is 21.2 Å². The first-order valence-electron chi connectivity index (χ1n) is 18.7. The third kappa shape index (κ3) is 8.60. The van der Waals surface area contributed by atoms with Crippen molar-refractivity contribution in [2.45, 2.75) is 185 Å². The lowest BCUT2D eigenvalue weighted by molar-refractivity contribution is -0.317. The molecule has 0 aliphatic carbocycles. The lowest BCUT2D eigenvalue weighted by Gasteiger charge is -2.50. The van der Waals surface area contributed by atoms with Crippen LogP contribution in [0.5, 0.6) is 0 Å². The van der Waals surface area contributed by atoms with Crippen LogP contribution in [-0.4, -0.2) is 149 Å². The van der Waals surface area contributed by atoms with Gasteiger partial charge in [0, 0.05) is 31.9 Å². The number of rotatable bonds is 7. The maximum atomic E-state index is 14.2. The molecule has 4 rings (SSSR count). The predicted molar refractivity (Wildman–Crippen MR) is 188 cm³/mol. The Bertz CT molecular complexity index is 1220. The van der Waals surface area contributed by atoms with Crippen molar-refractivity contribution in [3.05, 3.63) is 0 Å². The normalized spacial score (nSPS) is 50.3. The molecule has 0 aromatic heterocycles. The van der Waals surface area contributed by atoms with E-state index in [4.69, 9.17) is 38.2 Å². The van der Waals surface area contributed by atoms with Gasteiger partial charge in [0.1, 0.15) is 35.6 Å². The van der Waals surface area contributed by atoms with Gasteiger partial charge in [0.2, 0.25) is 0 Å². The fraction of sp³-hybridized carbons (Fsp3) is 0.946. The van der Waals surface area contributed by atoms with E-state index in [0.717, 1.165) is 0 Å². The number of fused-ring (bicyclic) bond motifs is 2. The minimum Gasteiger partial charge on any atom is -0.472 e. The van der Waals surface area contributed by atoms with Gasteiger partial charge in [-0.2, -0.15) is 0 Å². The number of ether oxygens (including phenoxy) is 7. The Balaban J connectivity index is 1.87. The van der Waals surface area contributed by atoms with Crippen molar-refractivity contribution in [1.82, 2.24) is 4.90 Å². The van der Waals surface area contributed by atoms with Gasteiger partial charge in [0.25, 0.3) is 0 Å². The highest BCUT2D eigenvalue weighted by molar-refractivity contribution is 5.80. The quantitative estimate of drug-likeness (QED) is 0.281. The van der Waals surface area contributed by atoms with Gasteiger partial charge < -0.3 is 58.5 Å². The maximum absolute atomic E-state index is 14.2. The van der Waals surface area contributed by atoms with E-state index in [-0.39, 0.29) is 36.9 Å². The first-order valence-corrected chi connectivity index (χ1v) is 18.7. The predicted octanol–water partition coefficient (Wildman–Crippen LogP) is 2.41. The fourth-order valence-corrected chi connectivity index (χ4v) is 8.63. The molecule has 4 N–H and O–H groups in total. The van der Waals surface area contributed by atoms with Gasteiger partial charge in [-0.25, -0.2) is 0 Å². The molecule has 2 bridgehead atoms. The van der Waals surface area contributed by atoms with Crippen molar-refractivity contribution < 1.29 is 58.4 Å². The molecule has 0 radical (unpaired) electrons. The number of nitrogens with zero attached hydrogens (tertiary/aromatic N) is 2. The third-order valence-electron chi connectivity index (χ3n) is 11.9. The molecule has 51 heavy (non-hydrogen) atoms. The maximum Gasteiger partial charge on any atom is 0.311 e. The molecule has 14 heteroatoms. The summed E-state index contributed by atoms with van der Waals surface area (Å²) in [5, 5.41) is 45.9. The molecule has 14 nitrogen and oxygen atoms in total. The molecule has 0 amide bonds. The Morgan fingerprint density at radius 1 is 0.941 bits per heavy atom. The van der Waals surface area contributed by atoms with Crippen molar-refractivity contribution in [1.29, 1.82) is 0 Å². The number of esters is 1. The number of aliphatic hydroxyl groups is 4. The molecule has 0 saturated carbocycles. The van der Waals surface area contributed by atoms with Gasteiger partial charge in [0.15, 0.2) is 18.5 Å². The summed E-state index contributed by atoms with van der Waals surface area (Å²) in [6.07, 6.45) is -7.72. The van der Waals surface area contributed by atoms with E-state index < -0.39 is 95.8 Å². The molecule has 3 fully saturated rings. The Labute approximate surface area is 304 Å². The highest BCUT2D eigenvalue weighted by Crippen LogP contribution is 2.43. The molecule has 0 aromatic carbocycles. The number of hydrogen-bond acceptors (Lipinski definition) is 14. The van der Waals surface area contributed by atoms with Crippen LogP contribution in [0.25, 0.3) is 0 Å². The summed E-state index contributed by atoms with van der Waals surface area (Å²) >= 11 is 0. The lowest BCUT2D eigenvalue weighted by atomic mass is 9.78. The second-order valence-corrected chi connectivity index (χ2v) is 16.5. The van der Waals surface area contributed by atoms with Gasteiger partial charge in [-0.1, -0.05) is 20.8 Å². The molecular formula is C37H66N2O12. The molecule has 3 saturated heterocycles. The number of aliphatic imine (C=N–C) groups is 1. The van der Waals surface area contributed by atoms with Crippen LogP contribution >= 0.6 is 0 Å². The summed E-state index contributed by atoms with van der Waals surface area (Å²) in [5.74, 6) is -2.80.